The maximum absolute atomic E-state index is 11.8. The molecule has 0 aromatic heterocycles. The third-order valence-corrected chi connectivity index (χ3v) is 4.32. The van der Waals surface area contributed by atoms with E-state index in [1.807, 2.05) is 17.0 Å². The van der Waals surface area contributed by atoms with E-state index in [0.29, 0.717) is 25.6 Å². The fraction of sp³-hybridized carbons (Fsp3) is 0.556. The van der Waals surface area contributed by atoms with E-state index in [-0.39, 0.29) is 5.91 Å². The van der Waals surface area contributed by atoms with Crippen LogP contribution in [0.15, 0.2) is 29.3 Å². The number of amides is 1. The Labute approximate surface area is 139 Å². The van der Waals surface area contributed by atoms with Crippen molar-refractivity contribution >= 4 is 11.9 Å². The molecule has 1 aromatic rings. The molecule has 1 unspecified atom stereocenters. The second-order valence-electron chi connectivity index (χ2n) is 6.07. The highest BCUT2D eigenvalue weighted by atomic mass is 16.2. The van der Waals surface area contributed by atoms with Crippen molar-refractivity contribution in [2.75, 3.05) is 13.6 Å². The number of nitrogens with zero attached hydrogens (tertiary/aromatic N) is 2. The van der Waals surface area contributed by atoms with Gasteiger partial charge in [0.1, 0.15) is 0 Å². The first-order valence-electron chi connectivity index (χ1n) is 8.45. The molecule has 5 nitrogen and oxygen atoms in total. The first-order chi connectivity index (χ1) is 11.1. The second kappa shape index (κ2) is 8.56. The topological polar surface area (TPSA) is 56.7 Å². The normalized spacial score (nSPS) is 16.6. The average molecular weight is 316 g/mol. The molecule has 1 aromatic carbocycles. The Morgan fingerprint density at radius 3 is 2.70 bits per heavy atom. The smallest absolute Gasteiger partial charge is 0.222 e. The second-order valence-corrected chi connectivity index (χ2v) is 6.07. The van der Waals surface area contributed by atoms with Gasteiger partial charge in [0.15, 0.2) is 5.96 Å². The van der Waals surface area contributed by atoms with Gasteiger partial charge in [0.2, 0.25) is 5.91 Å². The summed E-state index contributed by atoms with van der Waals surface area (Å²) in [5.74, 6) is 1.08. The summed E-state index contributed by atoms with van der Waals surface area (Å²) in [5, 5.41) is 6.72. The predicted octanol–water partition coefficient (Wildman–Crippen LogP) is 2.27. The molecule has 2 rings (SSSR count). The van der Waals surface area contributed by atoms with Gasteiger partial charge in [0, 0.05) is 39.1 Å². The fourth-order valence-electron chi connectivity index (χ4n) is 2.67. The predicted molar refractivity (Wildman–Crippen MR) is 94.2 cm³/mol. The Morgan fingerprint density at radius 1 is 1.35 bits per heavy atom. The molecule has 1 amide bonds. The summed E-state index contributed by atoms with van der Waals surface area (Å²) >= 11 is 0. The molecule has 2 N–H and O–H groups in total. The zero-order valence-electron chi connectivity index (χ0n) is 14.4. The van der Waals surface area contributed by atoms with Gasteiger partial charge in [-0.3, -0.25) is 9.79 Å². The Bertz CT molecular complexity index is 556. The van der Waals surface area contributed by atoms with Crippen molar-refractivity contribution in [1.82, 2.24) is 15.5 Å². The summed E-state index contributed by atoms with van der Waals surface area (Å²) < 4.78 is 0. The van der Waals surface area contributed by atoms with Gasteiger partial charge in [-0.2, -0.15) is 0 Å². The molecule has 0 bridgehead atoms. The Kier molecular flexibility index (Phi) is 6.44. The largest absolute Gasteiger partial charge is 0.354 e. The van der Waals surface area contributed by atoms with Crippen LogP contribution in [0, 0.1) is 0 Å². The van der Waals surface area contributed by atoms with Crippen LogP contribution in [0.5, 0.6) is 0 Å². The molecular weight excluding hydrogens is 288 g/mol. The molecule has 0 spiro atoms. The lowest BCUT2D eigenvalue weighted by Crippen LogP contribution is -2.41. The number of carbonyl (C=O) groups is 1. The molecule has 5 heteroatoms. The number of rotatable bonds is 6. The third kappa shape index (κ3) is 4.98. The number of hydrogen-bond donors (Lipinski definition) is 2. The standard InChI is InChI=1S/C18H28N4O/c1-4-14(2)21-18(19-3)20-12-15-8-5-6-9-16(15)13-22-11-7-10-17(22)23/h5-6,8-9,14H,4,7,10-13H2,1-3H3,(H2,19,20,21). The minimum atomic E-state index is 0.266. The van der Waals surface area contributed by atoms with Crippen molar-refractivity contribution in [3.63, 3.8) is 0 Å². The van der Waals surface area contributed by atoms with Crippen molar-refractivity contribution in [2.45, 2.75) is 52.2 Å². The Balaban J connectivity index is 1.98. The lowest BCUT2D eigenvalue weighted by atomic mass is 10.1. The summed E-state index contributed by atoms with van der Waals surface area (Å²) in [6.07, 6.45) is 2.71. The molecule has 1 heterocycles. The van der Waals surface area contributed by atoms with Gasteiger partial charge >= 0.3 is 0 Å². The molecule has 0 radical (unpaired) electrons. The van der Waals surface area contributed by atoms with Gasteiger partial charge < -0.3 is 15.5 Å². The zero-order valence-corrected chi connectivity index (χ0v) is 14.4. The highest BCUT2D eigenvalue weighted by Crippen LogP contribution is 2.17. The van der Waals surface area contributed by atoms with Crippen molar-refractivity contribution < 1.29 is 4.79 Å². The van der Waals surface area contributed by atoms with Crippen LogP contribution in [0.3, 0.4) is 0 Å². The molecular formula is C18H28N4O. The van der Waals surface area contributed by atoms with Crippen LogP contribution < -0.4 is 10.6 Å². The number of likely N-dealkylation sites (tertiary alicyclic amines) is 1. The van der Waals surface area contributed by atoms with E-state index in [1.165, 1.54) is 11.1 Å². The highest BCUT2D eigenvalue weighted by Gasteiger charge is 2.20. The summed E-state index contributed by atoms with van der Waals surface area (Å²) in [5.41, 5.74) is 2.41. The van der Waals surface area contributed by atoms with E-state index in [4.69, 9.17) is 0 Å². The van der Waals surface area contributed by atoms with E-state index >= 15 is 0 Å². The van der Waals surface area contributed by atoms with Crippen LogP contribution in [0.25, 0.3) is 0 Å². The van der Waals surface area contributed by atoms with Crippen LogP contribution in [0.4, 0.5) is 0 Å². The average Bonchev–Trinajstić information content (AvgIpc) is 2.97. The minimum Gasteiger partial charge on any atom is -0.354 e. The van der Waals surface area contributed by atoms with Gasteiger partial charge in [-0.25, -0.2) is 0 Å². The lowest BCUT2D eigenvalue weighted by molar-refractivity contribution is -0.128. The fourth-order valence-corrected chi connectivity index (χ4v) is 2.67. The van der Waals surface area contributed by atoms with Crippen LogP contribution in [0.1, 0.15) is 44.2 Å². The molecule has 1 atom stereocenters. The molecule has 1 aliphatic heterocycles. The minimum absolute atomic E-state index is 0.266. The van der Waals surface area contributed by atoms with Gasteiger partial charge in [0.05, 0.1) is 0 Å². The van der Waals surface area contributed by atoms with E-state index in [2.05, 4.69) is 41.6 Å². The SMILES string of the molecule is CCC(C)NC(=NC)NCc1ccccc1CN1CCCC1=O. The van der Waals surface area contributed by atoms with Crippen molar-refractivity contribution in [3.05, 3.63) is 35.4 Å². The van der Waals surface area contributed by atoms with E-state index in [0.717, 1.165) is 25.3 Å². The van der Waals surface area contributed by atoms with E-state index in [1.54, 1.807) is 7.05 Å². The summed E-state index contributed by atoms with van der Waals surface area (Å²) in [4.78, 5) is 18.1. The highest BCUT2D eigenvalue weighted by molar-refractivity contribution is 5.80. The number of nitrogens with one attached hydrogen (secondary N) is 2. The van der Waals surface area contributed by atoms with Crippen molar-refractivity contribution in [1.29, 1.82) is 0 Å². The van der Waals surface area contributed by atoms with E-state index in [9.17, 15) is 4.79 Å². The van der Waals surface area contributed by atoms with Crippen LogP contribution >= 0.6 is 0 Å². The van der Waals surface area contributed by atoms with Crippen LogP contribution in [0.2, 0.25) is 0 Å². The first kappa shape index (κ1) is 17.3. The Morgan fingerprint density at radius 2 is 2.09 bits per heavy atom. The van der Waals surface area contributed by atoms with E-state index < -0.39 is 0 Å². The molecule has 1 aliphatic rings. The van der Waals surface area contributed by atoms with Gasteiger partial charge in [-0.05, 0) is 30.9 Å². The molecule has 0 aliphatic carbocycles. The molecule has 126 valence electrons. The van der Waals surface area contributed by atoms with Crippen molar-refractivity contribution in [3.8, 4) is 0 Å². The van der Waals surface area contributed by atoms with Crippen LogP contribution in [-0.4, -0.2) is 36.4 Å². The lowest BCUT2D eigenvalue weighted by Gasteiger charge is -2.20. The van der Waals surface area contributed by atoms with Gasteiger partial charge in [-0.15, -0.1) is 0 Å². The Hall–Kier alpha value is -2.04. The molecule has 23 heavy (non-hydrogen) atoms. The molecule has 0 saturated carbocycles. The number of aliphatic imine (C=N–C) groups is 1. The maximum Gasteiger partial charge on any atom is 0.222 e. The quantitative estimate of drug-likeness (QED) is 0.625. The number of guanidine groups is 1. The first-order valence-corrected chi connectivity index (χ1v) is 8.45. The molecule has 1 saturated heterocycles. The zero-order chi connectivity index (χ0) is 16.7. The van der Waals surface area contributed by atoms with Crippen molar-refractivity contribution in [2.24, 2.45) is 4.99 Å². The maximum atomic E-state index is 11.8. The third-order valence-electron chi connectivity index (χ3n) is 4.32. The number of carbonyl (C=O) groups excluding carboxylic acids is 1. The van der Waals surface area contributed by atoms with Gasteiger partial charge in [0.25, 0.3) is 0 Å². The van der Waals surface area contributed by atoms with Gasteiger partial charge in [-0.1, -0.05) is 31.2 Å². The summed E-state index contributed by atoms with van der Waals surface area (Å²) in [6.45, 7) is 6.56. The number of hydrogen-bond acceptors (Lipinski definition) is 2. The van der Waals surface area contributed by atoms with Crippen LogP contribution in [-0.2, 0) is 17.9 Å². The molecule has 1 fully saturated rings. The number of benzene rings is 1. The summed E-state index contributed by atoms with van der Waals surface area (Å²) in [6, 6.07) is 8.68. The monoisotopic (exact) mass is 316 g/mol. The summed E-state index contributed by atoms with van der Waals surface area (Å²) in [7, 11) is 1.78.